The van der Waals surface area contributed by atoms with Crippen molar-refractivity contribution >= 4 is 0 Å². The molecule has 1 aliphatic carbocycles. The van der Waals surface area contributed by atoms with E-state index in [0.29, 0.717) is 5.76 Å². The van der Waals surface area contributed by atoms with E-state index in [4.69, 9.17) is 4.74 Å². The molecular formula is C12H14O2. The summed E-state index contributed by atoms with van der Waals surface area (Å²) in [6, 6.07) is 0. The van der Waals surface area contributed by atoms with Crippen LogP contribution in [0, 0.1) is 0 Å². The molecule has 1 fully saturated rings. The highest BCUT2D eigenvalue weighted by molar-refractivity contribution is 5.44. The van der Waals surface area contributed by atoms with Gasteiger partial charge in [0.1, 0.15) is 11.4 Å². The van der Waals surface area contributed by atoms with Crippen LogP contribution in [0.2, 0.25) is 0 Å². The van der Waals surface area contributed by atoms with E-state index in [2.05, 4.69) is 12.2 Å². The van der Waals surface area contributed by atoms with E-state index in [1.54, 1.807) is 0 Å². The molecule has 2 atom stereocenters. The Morgan fingerprint density at radius 1 is 1.57 bits per heavy atom. The molecule has 2 nitrogen and oxygen atoms in total. The molecular weight excluding hydrogens is 176 g/mol. The highest BCUT2D eigenvalue weighted by atomic mass is 16.5. The second-order valence-corrected chi connectivity index (χ2v) is 4.39. The van der Waals surface area contributed by atoms with Gasteiger partial charge < -0.3 is 9.84 Å². The molecule has 1 saturated carbocycles. The summed E-state index contributed by atoms with van der Waals surface area (Å²) >= 11 is 0. The number of ether oxygens (including phenoxy) is 1. The highest BCUT2D eigenvalue weighted by Gasteiger charge is 2.45. The van der Waals surface area contributed by atoms with Crippen LogP contribution in [-0.2, 0) is 4.74 Å². The molecule has 2 heteroatoms. The molecule has 74 valence electrons. The maximum atomic E-state index is 9.94. The van der Waals surface area contributed by atoms with Crippen LogP contribution in [0.3, 0.4) is 0 Å². The van der Waals surface area contributed by atoms with Gasteiger partial charge in [-0.3, -0.25) is 0 Å². The van der Waals surface area contributed by atoms with E-state index in [0.717, 1.165) is 30.4 Å². The lowest BCUT2D eigenvalue weighted by Gasteiger charge is -2.24. The van der Waals surface area contributed by atoms with E-state index < -0.39 is 0 Å². The van der Waals surface area contributed by atoms with Crippen molar-refractivity contribution in [3.63, 3.8) is 0 Å². The second kappa shape index (κ2) is 2.51. The second-order valence-electron chi connectivity index (χ2n) is 4.39. The Kier molecular flexibility index (Phi) is 1.49. The van der Waals surface area contributed by atoms with E-state index >= 15 is 0 Å². The van der Waals surface area contributed by atoms with E-state index in [1.165, 1.54) is 0 Å². The predicted molar refractivity (Wildman–Crippen MR) is 54.0 cm³/mol. The summed E-state index contributed by atoms with van der Waals surface area (Å²) < 4.78 is 6.02. The Morgan fingerprint density at radius 2 is 2.43 bits per heavy atom. The van der Waals surface area contributed by atoms with E-state index in [9.17, 15) is 5.11 Å². The van der Waals surface area contributed by atoms with Crippen LogP contribution in [0.25, 0.3) is 0 Å². The van der Waals surface area contributed by atoms with Gasteiger partial charge in [0.15, 0.2) is 0 Å². The molecule has 0 amide bonds. The third kappa shape index (κ3) is 0.894. The zero-order chi connectivity index (χ0) is 9.76. The third-order valence-corrected chi connectivity index (χ3v) is 3.49. The molecule has 2 aliphatic heterocycles. The van der Waals surface area contributed by atoms with Crippen molar-refractivity contribution in [1.82, 2.24) is 0 Å². The van der Waals surface area contributed by atoms with E-state index in [-0.39, 0.29) is 11.7 Å². The summed E-state index contributed by atoms with van der Waals surface area (Å²) in [5.41, 5.74) is 1.91. The topological polar surface area (TPSA) is 29.5 Å². The number of aliphatic hydroxyl groups is 1. The molecule has 14 heavy (non-hydrogen) atoms. The molecule has 2 heterocycles. The molecule has 1 N–H and O–H groups in total. The van der Waals surface area contributed by atoms with Crippen LogP contribution >= 0.6 is 0 Å². The summed E-state index contributed by atoms with van der Waals surface area (Å²) in [6.07, 6.45) is 9.27. The van der Waals surface area contributed by atoms with Gasteiger partial charge in [-0.25, -0.2) is 0 Å². The number of hydrogen-bond donors (Lipinski definition) is 1. The van der Waals surface area contributed by atoms with Crippen LogP contribution in [0.1, 0.15) is 26.2 Å². The van der Waals surface area contributed by atoms with Crippen LogP contribution < -0.4 is 0 Å². The van der Waals surface area contributed by atoms with Gasteiger partial charge in [-0.1, -0.05) is 6.08 Å². The molecule has 0 radical (unpaired) electrons. The number of allylic oxidation sites excluding steroid dienone is 1. The average Bonchev–Trinajstić information content (AvgIpc) is 2.72. The smallest absolute Gasteiger partial charge is 0.118 e. The Bertz CT molecular complexity index is 376. The van der Waals surface area contributed by atoms with Crippen LogP contribution in [0.15, 0.2) is 35.1 Å². The number of fused-ring (bicyclic) bond motifs is 1. The molecule has 0 aromatic rings. The maximum absolute atomic E-state index is 9.94. The predicted octanol–water partition coefficient (Wildman–Crippen LogP) is 2.64. The van der Waals surface area contributed by atoms with Crippen molar-refractivity contribution in [2.45, 2.75) is 37.9 Å². The largest absolute Gasteiger partial charge is 0.508 e. The summed E-state index contributed by atoms with van der Waals surface area (Å²) in [5.74, 6) is 0.437. The van der Waals surface area contributed by atoms with Crippen LogP contribution in [0.4, 0.5) is 0 Å². The van der Waals surface area contributed by atoms with Gasteiger partial charge in [-0.2, -0.15) is 0 Å². The van der Waals surface area contributed by atoms with Gasteiger partial charge in [-0.05, 0) is 43.9 Å². The molecule has 0 aromatic heterocycles. The standard InChI is InChI=1S/C12H14O2/c1-8-7-10(13)9-3-2-5-12(9)6-4-11(8)14-12/h4,6-7,11,13H,2-3,5H2,1H3/t11-,12+/m1/s1. The first-order chi connectivity index (χ1) is 6.71. The fourth-order valence-electron chi connectivity index (χ4n) is 2.73. The minimum absolute atomic E-state index is 0.0766. The van der Waals surface area contributed by atoms with Crippen molar-refractivity contribution < 1.29 is 9.84 Å². The quantitative estimate of drug-likeness (QED) is 0.595. The number of hydrogen-bond acceptors (Lipinski definition) is 2. The normalized spacial score (nSPS) is 39.8. The van der Waals surface area contributed by atoms with Gasteiger partial charge in [0.25, 0.3) is 0 Å². The summed E-state index contributed by atoms with van der Waals surface area (Å²) in [4.78, 5) is 0. The first kappa shape index (κ1) is 8.30. The fourth-order valence-corrected chi connectivity index (χ4v) is 2.73. The zero-order valence-corrected chi connectivity index (χ0v) is 8.29. The molecule has 1 spiro atoms. The molecule has 0 saturated heterocycles. The first-order valence-electron chi connectivity index (χ1n) is 5.19. The lowest BCUT2D eigenvalue weighted by molar-refractivity contribution is 0.0224. The average molecular weight is 190 g/mol. The Labute approximate surface area is 83.6 Å². The molecule has 3 aliphatic rings. The third-order valence-electron chi connectivity index (χ3n) is 3.49. The molecule has 3 rings (SSSR count). The van der Waals surface area contributed by atoms with Crippen LogP contribution in [0.5, 0.6) is 0 Å². The number of aliphatic hydroxyl groups excluding tert-OH is 1. The van der Waals surface area contributed by atoms with Gasteiger partial charge in [0.2, 0.25) is 0 Å². The van der Waals surface area contributed by atoms with E-state index in [1.807, 2.05) is 13.0 Å². The van der Waals surface area contributed by atoms with Gasteiger partial charge in [0, 0.05) is 5.57 Å². The van der Waals surface area contributed by atoms with Gasteiger partial charge in [-0.15, -0.1) is 0 Å². The number of rotatable bonds is 0. The van der Waals surface area contributed by atoms with Gasteiger partial charge in [0.05, 0.1) is 6.10 Å². The van der Waals surface area contributed by atoms with Crippen molar-refractivity contribution in [3.05, 3.63) is 35.1 Å². The Balaban J connectivity index is 2.19. The van der Waals surface area contributed by atoms with Crippen molar-refractivity contribution in [2.24, 2.45) is 0 Å². The van der Waals surface area contributed by atoms with Crippen molar-refractivity contribution in [2.75, 3.05) is 0 Å². The van der Waals surface area contributed by atoms with Crippen molar-refractivity contribution in [1.29, 1.82) is 0 Å². The summed E-state index contributed by atoms with van der Waals surface area (Å²) in [6.45, 7) is 2.01. The Morgan fingerprint density at radius 3 is 3.29 bits per heavy atom. The minimum atomic E-state index is -0.261. The van der Waals surface area contributed by atoms with Gasteiger partial charge >= 0.3 is 0 Å². The Hall–Kier alpha value is -1.02. The fraction of sp³-hybridized carbons (Fsp3) is 0.500. The molecule has 0 unspecified atom stereocenters. The van der Waals surface area contributed by atoms with Crippen molar-refractivity contribution in [3.8, 4) is 0 Å². The van der Waals surface area contributed by atoms with Crippen LogP contribution in [-0.4, -0.2) is 16.8 Å². The highest BCUT2D eigenvalue weighted by Crippen LogP contribution is 2.47. The zero-order valence-electron chi connectivity index (χ0n) is 8.29. The summed E-state index contributed by atoms with van der Waals surface area (Å²) in [5, 5.41) is 9.94. The molecule has 2 bridgehead atoms. The lowest BCUT2D eigenvalue weighted by Crippen LogP contribution is -2.27. The maximum Gasteiger partial charge on any atom is 0.118 e. The minimum Gasteiger partial charge on any atom is -0.508 e. The summed E-state index contributed by atoms with van der Waals surface area (Å²) in [7, 11) is 0. The SMILES string of the molecule is CC1=CC(O)=C2CCC[C@]23C=C[C@H]1O3. The monoisotopic (exact) mass is 190 g/mol. The lowest BCUT2D eigenvalue weighted by atomic mass is 9.95. The molecule has 0 aromatic carbocycles. The first-order valence-corrected chi connectivity index (χ1v) is 5.19.